The summed E-state index contributed by atoms with van der Waals surface area (Å²) in [5.74, 6) is 1.50. The van der Waals surface area contributed by atoms with Crippen LogP contribution in [0, 0.1) is 17.7 Å². The predicted molar refractivity (Wildman–Crippen MR) is 126 cm³/mol. The van der Waals surface area contributed by atoms with Gasteiger partial charge < -0.3 is 19.9 Å². The molecule has 1 aliphatic heterocycles. The van der Waals surface area contributed by atoms with E-state index in [0.717, 1.165) is 42.8 Å². The van der Waals surface area contributed by atoms with Gasteiger partial charge in [-0.15, -0.1) is 0 Å². The number of benzene rings is 2. The van der Waals surface area contributed by atoms with Crippen LogP contribution >= 0.6 is 0 Å². The van der Waals surface area contributed by atoms with Gasteiger partial charge in [0, 0.05) is 26.2 Å². The Labute approximate surface area is 191 Å². The lowest BCUT2D eigenvalue weighted by Crippen LogP contribution is -2.45. The number of hydrogen-bond donors (Lipinski definition) is 1. The van der Waals surface area contributed by atoms with E-state index in [9.17, 15) is 9.18 Å². The minimum Gasteiger partial charge on any atom is -0.493 e. The Morgan fingerprint density at radius 2 is 1.84 bits per heavy atom. The van der Waals surface area contributed by atoms with Crippen LogP contribution in [0.3, 0.4) is 0 Å². The number of likely N-dealkylation sites (tertiary alicyclic amines) is 1. The van der Waals surface area contributed by atoms with Crippen molar-refractivity contribution in [2.75, 3.05) is 33.3 Å². The lowest BCUT2D eigenvalue weighted by Gasteiger charge is -2.34. The zero-order chi connectivity index (χ0) is 22.9. The summed E-state index contributed by atoms with van der Waals surface area (Å²) in [4.78, 5) is 17.3. The number of urea groups is 1. The van der Waals surface area contributed by atoms with Crippen molar-refractivity contribution in [2.45, 2.75) is 39.8 Å². The van der Waals surface area contributed by atoms with Crippen molar-refractivity contribution >= 4 is 6.03 Å². The Morgan fingerprint density at radius 3 is 2.50 bits per heavy atom. The van der Waals surface area contributed by atoms with Crippen LogP contribution in [0.1, 0.15) is 37.8 Å². The van der Waals surface area contributed by atoms with Gasteiger partial charge >= 0.3 is 6.03 Å². The molecular weight excluding hydrogens is 405 g/mol. The van der Waals surface area contributed by atoms with Gasteiger partial charge in [0.05, 0.1) is 6.61 Å². The average Bonchev–Trinajstić information content (AvgIpc) is 2.78. The van der Waals surface area contributed by atoms with Gasteiger partial charge in [-0.25, -0.2) is 9.18 Å². The molecule has 174 valence electrons. The molecule has 2 amide bonds. The van der Waals surface area contributed by atoms with E-state index in [0.29, 0.717) is 38.1 Å². The molecule has 0 bridgehead atoms. The van der Waals surface area contributed by atoms with E-state index in [1.54, 1.807) is 12.1 Å². The number of rotatable bonds is 9. The fourth-order valence-electron chi connectivity index (χ4n) is 4.02. The number of carbonyl (C=O) groups is 1. The third-order valence-electron chi connectivity index (χ3n) is 5.72. The van der Waals surface area contributed by atoms with Crippen molar-refractivity contribution < 1.29 is 13.9 Å². The zero-order valence-electron chi connectivity index (χ0n) is 19.5. The third-order valence-corrected chi connectivity index (χ3v) is 5.72. The molecule has 5 nitrogen and oxygen atoms in total. The molecule has 2 aromatic carbocycles. The molecule has 1 saturated heterocycles. The molecule has 1 aliphatic rings. The van der Waals surface area contributed by atoms with Crippen molar-refractivity contribution in [1.82, 2.24) is 15.1 Å². The third kappa shape index (κ3) is 7.83. The fourth-order valence-corrected chi connectivity index (χ4v) is 4.02. The maximum absolute atomic E-state index is 13.3. The Balaban J connectivity index is 1.59. The van der Waals surface area contributed by atoms with Gasteiger partial charge in [0.1, 0.15) is 11.6 Å². The SMILES string of the molecule is CC(C)COc1ccc(CNC(=O)N(Cc2ccc(F)cc2)CC2CCCN(C)C2)cc1. The summed E-state index contributed by atoms with van der Waals surface area (Å²) < 4.78 is 19.0. The number of nitrogens with one attached hydrogen (secondary N) is 1. The molecule has 0 aliphatic carbocycles. The maximum atomic E-state index is 13.3. The van der Waals surface area contributed by atoms with Gasteiger partial charge in [-0.2, -0.15) is 0 Å². The average molecular weight is 442 g/mol. The van der Waals surface area contributed by atoms with Crippen molar-refractivity contribution in [3.05, 3.63) is 65.5 Å². The van der Waals surface area contributed by atoms with Crippen molar-refractivity contribution in [2.24, 2.45) is 11.8 Å². The molecule has 32 heavy (non-hydrogen) atoms. The van der Waals surface area contributed by atoms with E-state index in [1.165, 1.54) is 12.1 Å². The van der Waals surface area contributed by atoms with E-state index < -0.39 is 0 Å². The van der Waals surface area contributed by atoms with Gasteiger partial charge in [-0.3, -0.25) is 0 Å². The Bertz CT molecular complexity index is 839. The highest BCUT2D eigenvalue weighted by molar-refractivity contribution is 5.74. The highest BCUT2D eigenvalue weighted by Crippen LogP contribution is 2.19. The molecule has 0 aromatic heterocycles. The Kier molecular flexibility index (Phi) is 8.91. The quantitative estimate of drug-likeness (QED) is 0.601. The van der Waals surface area contributed by atoms with Crippen LogP contribution in [-0.2, 0) is 13.1 Å². The molecule has 1 unspecified atom stereocenters. The van der Waals surface area contributed by atoms with Gasteiger partial charge in [0.25, 0.3) is 0 Å². The number of halogens is 1. The van der Waals surface area contributed by atoms with Crippen LogP contribution in [0.2, 0.25) is 0 Å². The fraction of sp³-hybridized carbons (Fsp3) is 0.500. The summed E-state index contributed by atoms with van der Waals surface area (Å²) in [6, 6.07) is 14.1. The summed E-state index contributed by atoms with van der Waals surface area (Å²) in [6.45, 7) is 8.63. The first-order chi connectivity index (χ1) is 15.4. The molecule has 1 heterocycles. The van der Waals surface area contributed by atoms with Crippen LogP contribution in [-0.4, -0.2) is 49.1 Å². The second-order valence-corrected chi connectivity index (χ2v) is 9.28. The van der Waals surface area contributed by atoms with Crippen molar-refractivity contribution in [1.29, 1.82) is 0 Å². The summed E-state index contributed by atoms with van der Waals surface area (Å²) in [7, 11) is 2.13. The first-order valence-electron chi connectivity index (χ1n) is 11.6. The summed E-state index contributed by atoms with van der Waals surface area (Å²) >= 11 is 0. The topological polar surface area (TPSA) is 44.8 Å². The van der Waals surface area contributed by atoms with E-state index in [-0.39, 0.29) is 11.8 Å². The zero-order valence-corrected chi connectivity index (χ0v) is 19.5. The smallest absolute Gasteiger partial charge is 0.317 e. The first-order valence-corrected chi connectivity index (χ1v) is 11.6. The van der Waals surface area contributed by atoms with E-state index in [4.69, 9.17) is 4.74 Å². The number of carbonyl (C=O) groups excluding carboxylic acids is 1. The lowest BCUT2D eigenvalue weighted by atomic mass is 9.97. The predicted octanol–water partition coefficient (Wildman–Crippen LogP) is 4.91. The summed E-state index contributed by atoms with van der Waals surface area (Å²) in [6.07, 6.45) is 2.27. The largest absolute Gasteiger partial charge is 0.493 e. The second-order valence-electron chi connectivity index (χ2n) is 9.28. The van der Waals surface area contributed by atoms with Crippen molar-refractivity contribution in [3.63, 3.8) is 0 Å². The number of amides is 2. The molecule has 1 N–H and O–H groups in total. The van der Waals surface area contributed by atoms with Gasteiger partial charge in [-0.05, 0) is 73.7 Å². The molecule has 2 aromatic rings. The van der Waals surface area contributed by atoms with Crippen LogP contribution in [0.4, 0.5) is 9.18 Å². The van der Waals surface area contributed by atoms with E-state index >= 15 is 0 Å². The van der Waals surface area contributed by atoms with Crippen LogP contribution < -0.4 is 10.1 Å². The normalized spacial score (nSPS) is 16.7. The molecule has 1 atom stereocenters. The first kappa shape index (κ1) is 24.1. The summed E-state index contributed by atoms with van der Waals surface area (Å²) in [5.41, 5.74) is 1.95. The van der Waals surface area contributed by atoms with Gasteiger partial charge in [-0.1, -0.05) is 38.1 Å². The molecule has 0 radical (unpaired) electrons. The molecule has 3 rings (SSSR count). The van der Waals surface area contributed by atoms with Gasteiger partial charge in [0.2, 0.25) is 0 Å². The molecule has 1 fully saturated rings. The number of ether oxygens (including phenoxy) is 1. The highest BCUT2D eigenvalue weighted by atomic mass is 19.1. The minimum absolute atomic E-state index is 0.0947. The van der Waals surface area contributed by atoms with Gasteiger partial charge in [0.15, 0.2) is 0 Å². The highest BCUT2D eigenvalue weighted by Gasteiger charge is 2.23. The molecular formula is C26H36FN3O2. The minimum atomic E-state index is -0.264. The van der Waals surface area contributed by atoms with E-state index in [2.05, 4.69) is 31.1 Å². The van der Waals surface area contributed by atoms with Crippen LogP contribution in [0.15, 0.2) is 48.5 Å². The number of hydrogen-bond acceptors (Lipinski definition) is 3. The Morgan fingerprint density at radius 1 is 1.16 bits per heavy atom. The standard InChI is InChI=1S/C26H36FN3O2/c1-20(2)19-32-25-12-8-21(9-13-25)15-28-26(31)30(17-22-6-10-24(27)11-7-22)18-23-5-4-14-29(3)16-23/h6-13,20,23H,4-5,14-19H2,1-3H3,(H,28,31). The summed E-state index contributed by atoms with van der Waals surface area (Å²) in [5, 5.41) is 3.06. The number of piperidine rings is 1. The molecule has 0 saturated carbocycles. The number of nitrogens with zero attached hydrogens (tertiary/aromatic N) is 2. The lowest BCUT2D eigenvalue weighted by molar-refractivity contribution is 0.149. The van der Waals surface area contributed by atoms with Crippen LogP contribution in [0.25, 0.3) is 0 Å². The van der Waals surface area contributed by atoms with Crippen LogP contribution in [0.5, 0.6) is 5.75 Å². The monoisotopic (exact) mass is 441 g/mol. The molecule has 6 heteroatoms. The second kappa shape index (κ2) is 11.9. The molecule has 0 spiro atoms. The van der Waals surface area contributed by atoms with E-state index in [1.807, 2.05) is 29.2 Å². The van der Waals surface area contributed by atoms with Crippen molar-refractivity contribution in [3.8, 4) is 5.75 Å². The Hall–Kier alpha value is -2.60. The maximum Gasteiger partial charge on any atom is 0.317 e.